The molecule has 21 heavy (non-hydrogen) atoms. The number of nitrogens with one attached hydrogen (secondary N) is 1. The molecule has 3 heterocycles. The van der Waals surface area contributed by atoms with Gasteiger partial charge in [-0.1, -0.05) is 0 Å². The molecule has 1 fully saturated rings. The number of carbonyl (C=O) groups is 1. The zero-order valence-electron chi connectivity index (χ0n) is 11.1. The van der Waals surface area contributed by atoms with Crippen LogP contribution in [0.1, 0.15) is 12.0 Å². The highest BCUT2D eigenvalue weighted by molar-refractivity contribution is 7.86. The Morgan fingerprint density at radius 3 is 3.05 bits per heavy atom. The largest absolute Gasteiger partial charge is 0.346 e. The van der Waals surface area contributed by atoms with Gasteiger partial charge in [0.25, 0.3) is 0 Å². The first-order valence-electron chi connectivity index (χ1n) is 6.53. The molecule has 0 radical (unpaired) electrons. The summed E-state index contributed by atoms with van der Waals surface area (Å²) in [6.45, 7) is 0.614. The zero-order chi connectivity index (χ0) is 15.0. The minimum absolute atomic E-state index is 0.0724. The molecule has 1 N–H and O–H groups in total. The van der Waals surface area contributed by atoms with Gasteiger partial charge >= 0.3 is 10.2 Å². The van der Waals surface area contributed by atoms with Crippen molar-refractivity contribution in [3.63, 3.8) is 0 Å². The lowest BCUT2D eigenvalue weighted by Crippen LogP contribution is -2.25. The highest BCUT2D eigenvalue weighted by atomic mass is 32.3. The number of nitrogens with zero attached hydrogens (tertiary/aromatic N) is 2. The van der Waals surface area contributed by atoms with Crippen molar-refractivity contribution >= 4 is 27.2 Å². The smallest absolute Gasteiger partial charge is 0.302 e. The molecule has 0 bridgehead atoms. The van der Waals surface area contributed by atoms with Gasteiger partial charge in [-0.3, -0.25) is 4.79 Å². The van der Waals surface area contributed by atoms with E-state index in [2.05, 4.69) is 9.97 Å². The number of hydrogen-bond acceptors (Lipinski definition) is 4. The molecular formula is C13H14FN3O3S. The zero-order valence-corrected chi connectivity index (χ0v) is 11.9. The summed E-state index contributed by atoms with van der Waals surface area (Å²) in [6.07, 6.45) is 3.53. The first-order valence-corrected chi connectivity index (χ1v) is 8.08. The molecule has 2 aromatic heterocycles. The van der Waals surface area contributed by atoms with Crippen LogP contribution >= 0.6 is 0 Å². The fraction of sp³-hybridized carbons (Fsp3) is 0.385. The number of aromatic nitrogens is 2. The Balaban J connectivity index is 1.71. The molecule has 1 saturated heterocycles. The van der Waals surface area contributed by atoms with Gasteiger partial charge in [0.1, 0.15) is 5.65 Å². The van der Waals surface area contributed by atoms with Crippen molar-refractivity contribution in [2.45, 2.75) is 13.0 Å². The van der Waals surface area contributed by atoms with Crippen molar-refractivity contribution in [1.29, 1.82) is 0 Å². The molecule has 8 heteroatoms. The second-order valence-electron chi connectivity index (χ2n) is 5.31. The number of aromatic amines is 1. The van der Waals surface area contributed by atoms with Gasteiger partial charge in [-0.15, -0.1) is 3.89 Å². The number of H-pyrrole nitrogens is 1. The number of hydrogen-bond donors (Lipinski definition) is 1. The number of amides is 1. The van der Waals surface area contributed by atoms with Crippen molar-refractivity contribution in [1.82, 2.24) is 14.9 Å². The van der Waals surface area contributed by atoms with E-state index in [0.717, 1.165) is 16.6 Å². The minimum Gasteiger partial charge on any atom is -0.346 e. The number of rotatable bonds is 4. The Hall–Kier alpha value is -1.96. The van der Waals surface area contributed by atoms with E-state index in [0.29, 0.717) is 6.54 Å². The van der Waals surface area contributed by atoms with Crippen LogP contribution in [0.2, 0.25) is 0 Å². The highest BCUT2D eigenvalue weighted by Gasteiger charge is 2.32. The molecule has 2 aromatic rings. The van der Waals surface area contributed by atoms with E-state index in [9.17, 15) is 17.1 Å². The third-order valence-corrected chi connectivity index (χ3v) is 4.43. The second-order valence-corrected chi connectivity index (χ2v) is 6.72. The average molecular weight is 311 g/mol. The summed E-state index contributed by atoms with van der Waals surface area (Å²) in [5.41, 5.74) is 1.63. The molecule has 0 spiro atoms. The van der Waals surface area contributed by atoms with Crippen LogP contribution in [0.5, 0.6) is 0 Å². The maximum absolute atomic E-state index is 12.7. The Bertz CT molecular complexity index is 787. The molecule has 1 amide bonds. The van der Waals surface area contributed by atoms with Gasteiger partial charge in [0, 0.05) is 43.2 Å². The third kappa shape index (κ3) is 3.21. The van der Waals surface area contributed by atoms with E-state index in [4.69, 9.17) is 0 Å². The summed E-state index contributed by atoms with van der Waals surface area (Å²) < 4.78 is 34.0. The van der Waals surface area contributed by atoms with Gasteiger partial charge in [-0.25, -0.2) is 4.98 Å². The molecular weight excluding hydrogens is 297 g/mol. The predicted molar refractivity (Wildman–Crippen MR) is 74.5 cm³/mol. The molecule has 0 aromatic carbocycles. The summed E-state index contributed by atoms with van der Waals surface area (Å²) in [6, 6.07) is 3.81. The summed E-state index contributed by atoms with van der Waals surface area (Å²) in [7, 11) is -4.54. The van der Waals surface area contributed by atoms with Gasteiger partial charge in [0.15, 0.2) is 0 Å². The topological polar surface area (TPSA) is 83.1 Å². The quantitative estimate of drug-likeness (QED) is 0.860. The van der Waals surface area contributed by atoms with E-state index >= 15 is 0 Å². The maximum Gasteiger partial charge on any atom is 0.302 e. The van der Waals surface area contributed by atoms with Crippen LogP contribution in [0.15, 0.2) is 24.5 Å². The van der Waals surface area contributed by atoms with E-state index in [1.165, 1.54) is 0 Å². The normalized spacial score (nSPS) is 19.6. The van der Waals surface area contributed by atoms with Gasteiger partial charge in [0.2, 0.25) is 5.91 Å². The first kappa shape index (κ1) is 14.0. The Labute approximate surface area is 121 Å². The average Bonchev–Trinajstić information content (AvgIpc) is 2.94. The second kappa shape index (κ2) is 5.10. The lowest BCUT2D eigenvalue weighted by Gasteiger charge is -2.16. The van der Waals surface area contributed by atoms with Crippen LogP contribution in [-0.4, -0.2) is 41.5 Å². The van der Waals surface area contributed by atoms with Gasteiger partial charge in [0.05, 0.1) is 5.75 Å². The molecule has 112 valence electrons. The van der Waals surface area contributed by atoms with Crippen molar-refractivity contribution in [2.75, 3.05) is 12.3 Å². The van der Waals surface area contributed by atoms with Crippen LogP contribution in [0.4, 0.5) is 3.89 Å². The highest BCUT2D eigenvalue weighted by Crippen LogP contribution is 2.22. The van der Waals surface area contributed by atoms with E-state index < -0.39 is 21.9 Å². The van der Waals surface area contributed by atoms with E-state index in [1.807, 2.05) is 12.1 Å². The van der Waals surface area contributed by atoms with Crippen LogP contribution in [0, 0.1) is 5.92 Å². The molecule has 1 aliphatic rings. The Morgan fingerprint density at radius 2 is 2.29 bits per heavy atom. The molecule has 1 atom stereocenters. The molecule has 0 aliphatic carbocycles. The minimum atomic E-state index is -4.54. The van der Waals surface area contributed by atoms with Crippen LogP contribution in [-0.2, 0) is 21.6 Å². The van der Waals surface area contributed by atoms with Gasteiger partial charge in [-0.2, -0.15) is 8.42 Å². The van der Waals surface area contributed by atoms with E-state index in [1.54, 1.807) is 17.3 Å². The van der Waals surface area contributed by atoms with Gasteiger partial charge < -0.3 is 9.88 Å². The van der Waals surface area contributed by atoms with Gasteiger partial charge in [-0.05, 0) is 17.7 Å². The summed E-state index contributed by atoms with van der Waals surface area (Å²) in [5.74, 6) is -1.22. The standard InChI is InChI=1S/C13H14FN3O3S/c14-21(19,20)8-10-4-12(18)17(7-10)6-9-3-11-1-2-15-13(11)16-5-9/h1-3,5,10H,4,6-8H2,(H,15,16). The number of carbonyl (C=O) groups excluding carboxylic acids is 1. The van der Waals surface area contributed by atoms with Crippen LogP contribution in [0.25, 0.3) is 11.0 Å². The van der Waals surface area contributed by atoms with Crippen molar-refractivity contribution in [3.8, 4) is 0 Å². The molecule has 0 saturated carbocycles. The maximum atomic E-state index is 12.7. The number of pyridine rings is 1. The fourth-order valence-corrected chi connectivity index (χ4v) is 3.48. The van der Waals surface area contributed by atoms with Crippen molar-refractivity contribution in [2.24, 2.45) is 5.92 Å². The lowest BCUT2D eigenvalue weighted by atomic mass is 10.1. The Morgan fingerprint density at radius 1 is 1.48 bits per heavy atom. The molecule has 1 unspecified atom stereocenters. The number of fused-ring (bicyclic) bond motifs is 1. The monoisotopic (exact) mass is 311 g/mol. The predicted octanol–water partition coefficient (Wildman–Crippen LogP) is 1.21. The summed E-state index contributed by atoms with van der Waals surface area (Å²) in [5, 5.41) is 0.946. The Kier molecular flexibility index (Phi) is 3.40. The number of halogens is 1. The molecule has 3 rings (SSSR count). The number of likely N-dealkylation sites (tertiary alicyclic amines) is 1. The summed E-state index contributed by atoms with van der Waals surface area (Å²) >= 11 is 0. The fourth-order valence-electron chi connectivity index (χ4n) is 2.69. The SMILES string of the molecule is O=C1CC(CS(=O)(=O)F)CN1Cc1cnc2[nH]ccc2c1. The summed E-state index contributed by atoms with van der Waals surface area (Å²) in [4.78, 5) is 20.6. The van der Waals surface area contributed by atoms with Crippen LogP contribution < -0.4 is 0 Å². The lowest BCUT2D eigenvalue weighted by molar-refractivity contribution is -0.128. The van der Waals surface area contributed by atoms with E-state index in [-0.39, 0.29) is 18.9 Å². The molecule has 6 nitrogen and oxygen atoms in total. The first-order chi connectivity index (χ1) is 9.90. The van der Waals surface area contributed by atoms with Crippen LogP contribution in [0.3, 0.4) is 0 Å². The van der Waals surface area contributed by atoms with Crippen molar-refractivity contribution in [3.05, 3.63) is 30.1 Å². The third-order valence-electron chi connectivity index (χ3n) is 3.56. The van der Waals surface area contributed by atoms with Crippen molar-refractivity contribution < 1.29 is 17.1 Å². The molecule has 1 aliphatic heterocycles.